The van der Waals surface area contributed by atoms with Crippen molar-refractivity contribution in [2.24, 2.45) is 0 Å². The maximum absolute atomic E-state index is 12.5. The molecule has 2 N–H and O–H groups in total. The fraction of sp³-hybridized carbons (Fsp3) is 0.615. The number of aliphatic hydroxyl groups is 1. The predicted octanol–water partition coefficient (Wildman–Crippen LogP) is 2.01. The molecule has 4 nitrogen and oxygen atoms in total. The van der Waals surface area contributed by atoms with Crippen LogP contribution in [0.1, 0.15) is 28.1 Å². The molecule has 1 unspecified atom stereocenters. The molecule has 106 valence electrons. The van der Waals surface area contributed by atoms with Crippen LogP contribution in [-0.4, -0.2) is 48.2 Å². The van der Waals surface area contributed by atoms with Gasteiger partial charge in [0.2, 0.25) is 0 Å². The quantitative estimate of drug-likeness (QED) is 0.857. The molecule has 1 atom stereocenters. The molecule has 1 aromatic rings. The van der Waals surface area contributed by atoms with Gasteiger partial charge < -0.3 is 15.3 Å². The SMILES string of the molecule is Cc1cc(C(=O)N(CCO)CC2CCCN2)sc1Br. The van der Waals surface area contributed by atoms with E-state index in [0.29, 0.717) is 19.1 Å². The van der Waals surface area contributed by atoms with E-state index in [-0.39, 0.29) is 12.5 Å². The molecule has 1 aliphatic rings. The first-order chi connectivity index (χ1) is 9.11. The summed E-state index contributed by atoms with van der Waals surface area (Å²) in [7, 11) is 0. The summed E-state index contributed by atoms with van der Waals surface area (Å²) in [5, 5.41) is 12.5. The second-order valence-corrected chi connectivity index (χ2v) is 7.21. The molecule has 0 saturated carbocycles. The number of rotatable bonds is 5. The minimum atomic E-state index is 0.00396. The Morgan fingerprint density at radius 3 is 3.00 bits per heavy atom. The van der Waals surface area contributed by atoms with Crippen molar-refractivity contribution in [3.63, 3.8) is 0 Å². The van der Waals surface area contributed by atoms with Gasteiger partial charge in [-0.15, -0.1) is 11.3 Å². The maximum Gasteiger partial charge on any atom is 0.264 e. The van der Waals surface area contributed by atoms with Gasteiger partial charge in [0.1, 0.15) is 0 Å². The van der Waals surface area contributed by atoms with Crippen molar-refractivity contribution in [1.82, 2.24) is 10.2 Å². The molecule has 1 aliphatic heterocycles. The summed E-state index contributed by atoms with van der Waals surface area (Å²) in [5.41, 5.74) is 1.08. The van der Waals surface area contributed by atoms with E-state index in [1.54, 1.807) is 4.90 Å². The summed E-state index contributed by atoms with van der Waals surface area (Å²) in [5.74, 6) is 0.0153. The Morgan fingerprint density at radius 2 is 2.47 bits per heavy atom. The molecular weight excluding hydrogens is 328 g/mol. The fourth-order valence-electron chi connectivity index (χ4n) is 2.30. The predicted molar refractivity (Wildman–Crippen MR) is 80.8 cm³/mol. The van der Waals surface area contributed by atoms with Crippen LogP contribution in [0.15, 0.2) is 9.85 Å². The van der Waals surface area contributed by atoms with Crippen molar-refractivity contribution in [2.45, 2.75) is 25.8 Å². The summed E-state index contributed by atoms with van der Waals surface area (Å²) in [6, 6.07) is 2.27. The number of aliphatic hydroxyl groups excluding tert-OH is 1. The molecule has 2 rings (SSSR count). The largest absolute Gasteiger partial charge is 0.395 e. The van der Waals surface area contributed by atoms with E-state index in [9.17, 15) is 4.79 Å². The second-order valence-electron chi connectivity index (χ2n) is 4.84. The first-order valence-corrected chi connectivity index (χ1v) is 8.12. The van der Waals surface area contributed by atoms with Crippen LogP contribution in [0, 0.1) is 6.92 Å². The Balaban J connectivity index is 2.06. The first kappa shape index (κ1) is 15.0. The smallest absolute Gasteiger partial charge is 0.264 e. The standard InChI is InChI=1S/C13H19BrN2O2S/c1-9-7-11(19-12(9)14)13(18)16(5-6-17)8-10-3-2-4-15-10/h7,10,15,17H,2-6,8H2,1H3. The Hall–Kier alpha value is -0.430. The van der Waals surface area contributed by atoms with E-state index in [1.807, 2.05) is 13.0 Å². The molecule has 1 saturated heterocycles. The normalized spacial score (nSPS) is 18.8. The highest BCUT2D eigenvalue weighted by atomic mass is 79.9. The van der Waals surface area contributed by atoms with Gasteiger partial charge in [-0.25, -0.2) is 0 Å². The molecule has 2 heterocycles. The van der Waals surface area contributed by atoms with Crippen molar-refractivity contribution in [3.8, 4) is 0 Å². The van der Waals surface area contributed by atoms with Crippen LogP contribution in [0.25, 0.3) is 0 Å². The molecule has 0 bridgehead atoms. The number of thiophene rings is 1. The summed E-state index contributed by atoms with van der Waals surface area (Å²) < 4.78 is 0.999. The zero-order valence-electron chi connectivity index (χ0n) is 11.0. The third-order valence-corrected chi connectivity index (χ3v) is 5.45. The molecule has 0 radical (unpaired) electrons. The zero-order valence-corrected chi connectivity index (χ0v) is 13.4. The number of hydrogen-bond donors (Lipinski definition) is 2. The molecule has 1 fully saturated rings. The van der Waals surface area contributed by atoms with Crippen LogP contribution < -0.4 is 5.32 Å². The van der Waals surface area contributed by atoms with E-state index >= 15 is 0 Å². The molecule has 1 aromatic heterocycles. The van der Waals surface area contributed by atoms with Crippen LogP contribution >= 0.6 is 27.3 Å². The number of halogens is 1. The van der Waals surface area contributed by atoms with E-state index in [0.717, 1.165) is 33.6 Å². The highest BCUT2D eigenvalue weighted by molar-refractivity contribution is 9.11. The van der Waals surface area contributed by atoms with Crippen molar-refractivity contribution >= 4 is 33.2 Å². The number of aryl methyl sites for hydroxylation is 1. The zero-order chi connectivity index (χ0) is 13.8. The van der Waals surface area contributed by atoms with Gasteiger partial charge in [-0.1, -0.05) is 0 Å². The number of carbonyl (C=O) groups excluding carboxylic acids is 1. The lowest BCUT2D eigenvalue weighted by molar-refractivity contribution is 0.0711. The van der Waals surface area contributed by atoms with Gasteiger partial charge in [-0.3, -0.25) is 4.79 Å². The Kier molecular flexibility index (Phi) is 5.38. The van der Waals surface area contributed by atoms with Crippen LogP contribution in [0.3, 0.4) is 0 Å². The lowest BCUT2D eigenvalue weighted by Crippen LogP contribution is -2.42. The maximum atomic E-state index is 12.5. The first-order valence-electron chi connectivity index (χ1n) is 6.51. The van der Waals surface area contributed by atoms with Gasteiger partial charge >= 0.3 is 0 Å². The van der Waals surface area contributed by atoms with Crippen LogP contribution in [0.4, 0.5) is 0 Å². The Morgan fingerprint density at radius 1 is 1.68 bits per heavy atom. The van der Waals surface area contributed by atoms with Crippen LogP contribution in [-0.2, 0) is 0 Å². The monoisotopic (exact) mass is 346 g/mol. The van der Waals surface area contributed by atoms with Crippen LogP contribution in [0.2, 0.25) is 0 Å². The Labute approximate surface area is 125 Å². The topological polar surface area (TPSA) is 52.6 Å². The van der Waals surface area contributed by atoms with Gasteiger partial charge in [-0.2, -0.15) is 0 Å². The second kappa shape index (κ2) is 6.83. The van der Waals surface area contributed by atoms with Gasteiger partial charge in [0.25, 0.3) is 5.91 Å². The molecular formula is C13H19BrN2O2S. The third-order valence-electron chi connectivity index (χ3n) is 3.33. The summed E-state index contributed by atoms with van der Waals surface area (Å²) >= 11 is 4.90. The van der Waals surface area contributed by atoms with E-state index < -0.39 is 0 Å². The average Bonchev–Trinajstić information content (AvgIpc) is 2.99. The lowest BCUT2D eigenvalue weighted by Gasteiger charge is -2.24. The summed E-state index contributed by atoms with van der Waals surface area (Å²) in [6.07, 6.45) is 2.26. The Bertz CT molecular complexity index is 424. The van der Waals surface area contributed by atoms with E-state index in [4.69, 9.17) is 5.11 Å². The highest BCUT2D eigenvalue weighted by Crippen LogP contribution is 2.28. The number of nitrogens with zero attached hydrogens (tertiary/aromatic N) is 1. The fourth-order valence-corrected chi connectivity index (χ4v) is 3.80. The number of hydrogen-bond acceptors (Lipinski definition) is 4. The average molecular weight is 347 g/mol. The van der Waals surface area contributed by atoms with Crippen molar-refractivity contribution in [2.75, 3.05) is 26.2 Å². The highest BCUT2D eigenvalue weighted by Gasteiger charge is 2.23. The van der Waals surface area contributed by atoms with Gasteiger partial charge in [0.05, 0.1) is 15.3 Å². The molecule has 0 aliphatic carbocycles. The molecule has 0 spiro atoms. The van der Waals surface area contributed by atoms with Gasteiger partial charge in [0.15, 0.2) is 0 Å². The number of amides is 1. The number of carbonyl (C=O) groups is 1. The van der Waals surface area contributed by atoms with Gasteiger partial charge in [-0.05, 0) is 53.9 Å². The molecule has 1 amide bonds. The lowest BCUT2D eigenvalue weighted by atomic mass is 10.2. The molecule has 0 aromatic carbocycles. The van der Waals surface area contributed by atoms with Crippen molar-refractivity contribution < 1.29 is 9.90 Å². The van der Waals surface area contributed by atoms with Crippen LogP contribution in [0.5, 0.6) is 0 Å². The van der Waals surface area contributed by atoms with E-state index in [1.165, 1.54) is 11.3 Å². The summed E-state index contributed by atoms with van der Waals surface area (Å²) in [4.78, 5) is 14.9. The van der Waals surface area contributed by atoms with Crippen molar-refractivity contribution in [3.05, 3.63) is 20.3 Å². The number of nitrogens with one attached hydrogen (secondary N) is 1. The van der Waals surface area contributed by atoms with Gasteiger partial charge in [0, 0.05) is 19.1 Å². The van der Waals surface area contributed by atoms with Crippen molar-refractivity contribution in [1.29, 1.82) is 0 Å². The van der Waals surface area contributed by atoms with E-state index in [2.05, 4.69) is 21.2 Å². The third kappa shape index (κ3) is 3.78. The minimum Gasteiger partial charge on any atom is -0.395 e. The summed E-state index contributed by atoms with van der Waals surface area (Å²) in [6.45, 7) is 4.07. The minimum absolute atomic E-state index is 0.00396. The molecule has 19 heavy (non-hydrogen) atoms. The molecule has 6 heteroatoms.